The minimum atomic E-state index is -0.695. The summed E-state index contributed by atoms with van der Waals surface area (Å²) in [6, 6.07) is 11.9. The number of aromatic amines is 1. The van der Waals surface area contributed by atoms with Crippen molar-refractivity contribution in [2.24, 2.45) is 0 Å². The predicted octanol–water partition coefficient (Wildman–Crippen LogP) is 2.00. The number of phenolic OH excluding ortho intramolecular Hbond substituents is 1. The maximum Gasteiger partial charge on any atom is 0.262 e. The molecule has 2 aromatic carbocycles. The molecule has 0 aliphatic carbocycles. The smallest absolute Gasteiger partial charge is 0.262 e. The Kier molecular flexibility index (Phi) is 3.30. The monoisotopic (exact) mass is 360 g/mol. The Balaban J connectivity index is 1.69. The van der Waals surface area contributed by atoms with Gasteiger partial charge in [0.2, 0.25) is 5.91 Å². The summed E-state index contributed by atoms with van der Waals surface area (Å²) in [7, 11) is 0. The molecule has 1 atom stereocenters. The molecule has 0 radical (unpaired) electrons. The fraction of sp³-hybridized carbons (Fsp3) is 0.150. The average Bonchev–Trinajstić information content (AvgIpc) is 3.08. The first kappa shape index (κ1) is 15.6. The molecule has 2 aromatic heterocycles. The van der Waals surface area contributed by atoms with Crippen molar-refractivity contribution in [3.63, 3.8) is 0 Å². The van der Waals surface area contributed by atoms with Crippen molar-refractivity contribution in [3.8, 4) is 5.75 Å². The van der Waals surface area contributed by atoms with E-state index in [4.69, 9.17) is 0 Å². The van der Waals surface area contributed by atoms with Gasteiger partial charge in [-0.15, -0.1) is 0 Å². The van der Waals surface area contributed by atoms with Gasteiger partial charge in [0.1, 0.15) is 23.1 Å². The number of H-pyrrole nitrogens is 1. The first-order valence-electron chi connectivity index (χ1n) is 8.69. The molecule has 0 fully saturated rings. The van der Waals surface area contributed by atoms with E-state index in [-0.39, 0.29) is 29.3 Å². The number of rotatable bonds is 2. The second-order valence-electron chi connectivity index (χ2n) is 6.67. The van der Waals surface area contributed by atoms with Crippen LogP contribution in [-0.4, -0.2) is 25.5 Å². The minimum Gasteiger partial charge on any atom is -0.506 e. The van der Waals surface area contributed by atoms with Crippen molar-refractivity contribution in [2.45, 2.75) is 19.0 Å². The van der Waals surface area contributed by atoms with Crippen molar-refractivity contribution < 1.29 is 9.90 Å². The number of nitrogens with zero attached hydrogens (tertiary/aromatic N) is 2. The molecule has 0 saturated carbocycles. The van der Waals surface area contributed by atoms with Gasteiger partial charge in [0.25, 0.3) is 5.56 Å². The highest BCUT2D eigenvalue weighted by Gasteiger charge is 2.31. The number of hydrogen-bond donors (Lipinski definition) is 3. The first-order valence-corrected chi connectivity index (χ1v) is 8.69. The Bertz CT molecular complexity index is 1270. The van der Waals surface area contributed by atoms with Crippen LogP contribution in [-0.2, 0) is 17.8 Å². The van der Waals surface area contributed by atoms with E-state index in [1.807, 2.05) is 30.5 Å². The third kappa shape index (κ3) is 2.32. The Morgan fingerprint density at radius 2 is 1.93 bits per heavy atom. The van der Waals surface area contributed by atoms with E-state index in [0.29, 0.717) is 17.6 Å². The van der Waals surface area contributed by atoms with Gasteiger partial charge in [0, 0.05) is 23.5 Å². The van der Waals surface area contributed by atoms with Crippen LogP contribution < -0.4 is 10.9 Å². The van der Waals surface area contributed by atoms with Gasteiger partial charge in [0.05, 0.1) is 11.9 Å². The molecule has 134 valence electrons. The van der Waals surface area contributed by atoms with Gasteiger partial charge in [-0.2, -0.15) is 0 Å². The summed E-state index contributed by atoms with van der Waals surface area (Å²) in [6.07, 6.45) is 2.24. The van der Waals surface area contributed by atoms with Gasteiger partial charge in [0.15, 0.2) is 0 Å². The van der Waals surface area contributed by atoms with Crippen LogP contribution >= 0.6 is 0 Å². The number of amides is 1. The summed E-state index contributed by atoms with van der Waals surface area (Å²) >= 11 is 0. The van der Waals surface area contributed by atoms with Crippen LogP contribution in [0, 0.1) is 0 Å². The molecule has 0 unspecified atom stereocenters. The van der Waals surface area contributed by atoms with Crippen LogP contribution in [0.1, 0.15) is 17.4 Å². The zero-order chi connectivity index (χ0) is 18.5. The van der Waals surface area contributed by atoms with E-state index in [2.05, 4.69) is 15.3 Å². The standard InChI is InChI=1S/C20H16N4O3/c25-16-7-3-5-13-18(16)23-17-10-22-19(26)15(24(17)20(13)27)8-11-9-21-14-6-2-1-4-12(11)14/h1-7,9,15,21,25H,8,10H2,(H,22,26)/t15-/m0/s1. The molecule has 7 nitrogen and oxygen atoms in total. The predicted molar refractivity (Wildman–Crippen MR) is 101 cm³/mol. The lowest BCUT2D eigenvalue weighted by molar-refractivity contribution is -0.125. The lowest BCUT2D eigenvalue weighted by Gasteiger charge is -2.27. The van der Waals surface area contributed by atoms with Gasteiger partial charge >= 0.3 is 0 Å². The molecule has 27 heavy (non-hydrogen) atoms. The molecule has 3 heterocycles. The topological polar surface area (TPSA) is 100 Å². The third-order valence-electron chi connectivity index (χ3n) is 5.11. The largest absolute Gasteiger partial charge is 0.506 e. The quantitative estimate of drug-likeness (QED) is 0.509. The highest BCUT2D eigenvalue weighted by Crippen LogP contribution is 2.27. The van der Waals surface area contributed by atoms with Crippen LogP contribution in [0.2, 0.25) is 0 Å². The number of benzene rings is 2. The Morgan fingerprint density at radius 1 is 1.11 bits per heavy atom. The van der Waals surface area contributed by atoms with Crippen LogP contribution in [0.3, 0.4) is 0 Å². The highest BCUT2D eigenvalue weighted by molar-refractivity contribution is 5.87. The Morgan fingerprint density at radius 3 is 2.81 bits per heavy atom. The SMILES string of the molecule is O=C1NCc2nc3c(O)cccc3c(=O)n2[C@H]1Cc1c[nH]c2ccccc12. The first-order chi connectivity index (χ1) is 13.1. The van der Waals surface area contributed by atoms with Crippen molar-refractivity contribution in [1.29, 1.82) is 0 Å². The molecule has 0 saturated heterocycles. The van der Waals surface area contributed by atoms with E-state index < -0.39 is 6.04 Å². The number of aromatic hydroxyl groups is 1. The number of carbonyl (C=O) groups is 1. The van der Waals surface area contributed by atoms with Crippen molar-refractivity contribution in [3.05, 3.63) is 70.4 Å². The molecular formula is C20H16N4O3. The van der Waals surface area contributed by atoms with Crippen molar-refractivity contribution >= 4 is 27.7 Å². The van der Waals surface area contributed by atoms with E-state index in [1.165, 1.54) is 10.6 Å². The molecule has 1 aliphatic rings. The molecular weight excluding hydrogens is 344 g/mol. The van der Waals surface area contributed by atoms with Gasteiger partial charge in [-0.3, -0.25) is 14.2 Å². The minimum absolute atomic E-state index is 0.0434. The summed E-state index contributed by atoms with van der Waals surface area (Å²) in [5, 5.41) is 14.2. The van der Waals surface area contributed by atoms with E-state index in [0.717, 1.165) is 16.5 Å². The van der Waals surface area contributed by atoms with Crippen LogP contribution in [0.5, 0.6) is 5.75 Å². The molecule has 1 amide bonds. The highest BCUT2D eigenvalue weighted by atomic mass is 16.3. The zero-order valence-corrected chi connectivity index (χ0v) is 14.3. The third-order valence-corrected chi connectivity index (χ3v) is 5.11. The number of carbonyl (C=O) groups excluding carboxylic acids is 1. The molecule has 3 N–H and O–H groups in total. The number of phenols is 1. The Hall–Kier alpha value is -3.61. The summed E-state index contributed by atoms with van der Waals surface area (Å²) in [6.45, 7) is 0.155. The summed E-state index contributed by atoms with van der Waals surface area (Å²) in [5.74, 6) is 0.188. The molecule has 7 heteroatoms. The maximum atomic E-state index is 13.1. The number of nitrogens with one attached hydrogen (secondary N) is 2. The number of para-hydroxylation sites is 2. The zero-order valence-electron chi connectivity index (χ0n) is 14.3. The Labute approximate surface area is 153 Å². The van der Waals surface area contributed by atoms with Crippen molar-refractivity contribution in [1.82, 2.24) is 19.9 Å². The number of fused-ring (bicyclic) bond motifs is 3. The van der Waals surface area contributed by atoms with E-state index >= 15 is 0 Å². The lowest BCUT2D eigenvalue weighted by Crippen LogP contribution is -2.45. The van der Waals surface area contributed by atoms with E-state index in [9.17, 15) is 14.7 Å². The second-order valence-corrected chi connectivity index (χ2v) is 6.67. The van der Waals surface area contributed by atoms with Crippen molar-refractivity contribution in [2.75, 3.05) is 0 Å². The fourth-order valence-electron chi connectivity index (χ4n) is 3.79. The molecule has 0 bridgehead atoms. The maximum absolute atomic E-state index is 13.1. The summed E-state index contributed by atoms with van der Waals surface area (Å²) in [4.78, 5) is 33.4. The van der Waals surface area contributed by atoms with Crippen LogP contribution in [0.15, 0.2) is 53.5 Å². The van der Waals surface area contributed by atoms with E-state index in [1.54, 1.807) is 12.1 Å². The van der Waals surface area contributed by atoms with Crippen LogP contribution in [0.25, 0.3) is 21.8 Å². The lowest BCUT2D eigenvalue weighted by atomic mass is 10.0. The molecule has 4 aromatic rings. The second kappa shape index (κ2) is 5.70. The van der Waals surface area contributed by atoms with Gasteiger partial charge in [-0.25, -0.2) is 4.98 Å². The van der Waals surface area contributed by atoms with Crippen LogP contribution in [0.4, 0.5) is 0 Å². The molecule has 1 aliphatic heterocycles. The molecule has 0 spiro atoms. The van der Waals surface area contributed by atoms with Gasteiger partial charge in [-0.05, 0) is 23.8 Å². The summed E-state index contributed by atoms with van der Waals surface area (Å²) < 4.78 is 1.46. The number of hydrogen-bond acceptors (Lipinski definition) is 4. The number of aromatic nitrogens is 3. The molecule has 5 rings (SSSR count). The average molecular weight is 360 g/mol. The normalized spacial score (nSPS) is 16.4. The van der Waals surface area contributed by atoms with Gasteiger partial charge < -0.3 is 15.4 Å². The fourth-order valence-corrected chi connectivity index (χ4v) is 3.79. The van der Waals surface area contributed by atoms with Gasteiger partial charge in [-0.1, -0.05) is 24.3 Å². The summed E-state index contributed by atoms with van der Waals surface area (Å²) in [5.41, 5.74) is 1.89.